The minimum absolute atomic E-state index is 0.0111. The van der Waals surface area contributed by atoms with Crippen LogP contribution < -0.4 is 15.9 Å². The summed E-state index contributed by atoms with van der Waals surface area (Å²) in [6.07, 6.45) is -3.65. The summed E-state index contributed by atoms with van der Waals surface area (Å²) in [7, 11) is 0. The molecule has 1 fully saturated rings. The van der Waals surface area contributed by atoms with Crippen LogP contribution in [0, 0.1) is 0 Å². The molecule has 0 aliphatic carbocycles. The molecule has 0 spiro atoms. The molecule has 23 heavy (non-hydrogen) atoms. The highest BCUT2D eigenvalue weighted by molar-refractivity contribution is 6.17. The zero-order valence-corrected chi connectivity index (χ0v) is 12.5. The fraction of sp³-hybridized carbons (Fsp3) is 0.583. The lowest BCUT2D eigenvalue weighted by Gasteiger charge is -2.12. The molecule has 0 amide bonds. The van der Waals surface area contributed by atoms with E-state index >= 15 is 0 Å². The maximum atomic E-state index is 12.2. The van der Waals surface area contributed by atoms with E-state index < -0.39 is 42.5 Å². The first-order valence-electron chi connectivity index (χ1n) is 7.73. The number of hydrogen-bond donors (Lipinski definition) is 5. The number of nitrogens with two attached hydrogens (primary N) is 1. The summed E-state index contributed by atoms with van der Waals surface area (Å²) in [4.78, 5) is 18.5. The summed E-state index contributed by atoms with van der Waals surface area (Å²) in [5.41, 5.74) is 4.91. The smallest absolute Gasteiger partial charge is 0.313 e. The molecule has 10 nitrogen and oxygen atoms in total. The van der Waals surface area contributed by atoms with Gasteiger partial charge in [-0.1, -0.05) is 4.98 Å². The Kier molecular flexibility index (Phi) is 3.61. The minimum Gasteiger partial charge on any atom is -0.394 e. The van der Waals surface area contributed by atoms with E-state index in [0.717, 1.165) is 0 Å². The normalized spacial score (nSPS) is 29.7. The largest absolute Gasteiger partial charge is 0.394 e. The van der Waals surface area contributed by atoms with Crippen molar-refractivity contribution in [1.82, 2.24) is 14.5 Å². The topological polar surface area (TPSA) is 150 Å². The fourth-order valence-electron chi connectivity index (χ4n) is 2.65. The molecule has 11 heteroatoms. The van der Waals surface area contributed by atoms with E-state index in [1.165, 1.54) is 15.5 Å². The Morgan fingerprint density at radius 2 is 2.30 bits per heavy atom. The van der Waals surface area contributed by atoms with Gasteiger partial charge in [0.1, 0.15) is 18.3 Å². The van der Waals surface area contributed by atoms with Crippen molar-refractivity contribution in [3.63, 3.8) is 0 Å². The number of aliphatic hydroxyl groups excluding tert-OH is 3. The summed E-state index contributed by atoms with van der Waals surface area (Å²) in [6, 6.07) is 0. The van der Waals surface area contributed by atoms with E-state index in [2.05, 4.69) is 9.97 Å². The van der Waals surface area contributed by atoms with Crippen molar-refractivity contribution in [2.24, 2.45) is 0 Å². The SMILES string of the molecule is [2H]C([2H])(Cl)Cn1c[n+]([C@@H]2O[C@H](CO)[C@@H](O)[C@H]2O)c2nc(N)[nH]c(=O)c21. The Bertz CT molecular complexity index is 853. The first-order chi connectivity index (χ1) is 11.6. The number of hydrogen-bond acceptors (Lipinski definition) is 7. The maximum Gasteiger partial charge on any atom is 0.313 e. The molecule has 0 bridgehead atoms. The summed E-state index contributed by atoms with van der Waals surface area (Å²) < 4.78 is 22.9. The predicted molar refractivity (Wildman–Crippen MR) is 78.7 cm³/mol. The number of aromatic amines is 1. The van der Waals surface area contributed by atoms with Crippen LogP contribution in [0.5, 0.6) is 0 Å². The fourth-order valence-corrected chi connectivity index (χ4v) is 2.78. The number of aliphatic hydroxyl groups is 3. The molecule has 0 aromatic carbocycles. The number of nitrogen functional groups attached to an aromatic ring is 1. The molecule has 3 rings (SSSR count). The number of halogens is 1. The maximum absolute atomic E-state index is 12.2. The highest BCUT2D eigenvalue weighted by atomic mass is 35.5. The quantitative estimate of drug-likeness (QED) is 0.301. The summed E-state index contributed by atoms with van der Waals surface area (Å²) in [5.74, 6) is -2.34. The van der Waals surface area contributed by atoms with E-state index in [4.69, 9.17) is 24.8 Å². The van der Waals surface area contributed by atoms with Crippen LogP contribution in [-0.4, -0.2) is 60.6 Å². The van der Waals surface area contributed by atoms with Gasteiger partial charge < -0.3 is 25.8 Å². The Balaban J connectivity index is 2.17. The molecular weight excluding hydrogens is 330 g/mol. The molecule has 6 N–H and O–H groups in total. The Morgan fingerprint density at radius 3 is 2.91 bits per heavy atom. The van der Waals surface area contributed by atoms with Gasteiger partial charge in [-0.15, -0.1) is 11.6 Å². The molecule has 0 unspecified atom stereocenters. The molecule has 0 saturated carbocycles. The monoisotopic (exact) mass is 348 g/mol. The molecule has 0 radical (unpaired) electrons. The molecular formula is C12H17ClN5O5+. The zero-order valence-electron chi connectivity index (χ0n) is 13.8. The summed E-state index contributed by atoms with van der Waals surface area (Å²) in [5, 5.41) is 29.3. The van der Waals surface area contributed by atoms with Crippen molar-refractivity contribution in [2.75, 3.05) is 18.2 Å². The van der Waals surface area contributed by atoms with Gasteiger partial charge in [0.15, 0.2) is 6.33 Å². The summed E-state index contributed by atoms with van der Waals surface area (Å²) >= 11 is 5.61. The van der Waals surface area contributed by atoms with Crippen molar-refractivity contribution >= 4 is 28.7 Å². The van der Waals surface area contributed by atoms with Gasteiger partial charge in [0.25, 0.3) is 11.5 Å². The van der Waals surface area contributed by atoms with Crippen molar-refractivity contribution in [2.45, 2.75) is 31.1 Å². The number of aromatic nitrogens is 4. The molecule has 126 valence electrons. The van der Waals surface area contributed by atoms with Crippen LogP contribution >= 0.6 is 11.6 Å². The molecule has 3 heterocycles. The molecule has 1 aliphatic rings. The van der Waals surface area contributed by atoms with Crippen molar-refractivity contribution in [3.05, 3.63) is 16.7 Å². The Hall–Kier alpha value is -1.72. The van der Waals surface area contributed by atoms with Gasteiger partial charge in [-0.05, 0) is 0 Å². The van der Waals surface area contributed by atoms with Crippen molar-refractivity contribution in [1.29, 1.82) is 0 Å². The predicted octanol–water partition coefficient (Wildman–Crippen LogP) is -2.56. The van der Waals surface area contributed by atoms with Crippen LogP contribution in [0.4, 0.5) is 5.95 Å². The second kappa shape index (κ2) is 6.06. The lowest BCUT2D eigenvalue weighted by Crippen LogP contribution is -2.46. The zero-order chi connectivity index (χ0) is 18.5. The Morgan fingerprint density at radius 1 is 1.57 bits per heavy atom. The number of alkyl halides is 1. The molecule has 4 atom stereocenters. The lowest BCUT2D eigenvalue weighted by molar-refractivity contribution is -0.746. The van der Waals surface area contributed by atoms with Crippen molar-refractivity contribution < 1.29 is 27.4 Å². The van der Waals surface area contributed by atoms with E-state index in [9.17, 15) is 20.1 Å². The van der Waals surface area contributed by atoms with Gasteiger partial charge in [0.2, 0.25) is 11.7 Å². The van der Waals surface area contributed by atoms with E-state index in [-0.39, 0.29) is 23.7 Å². The van der Waals surface area contributed by atoms with E-state index in [1.807, 2.05) is 0 Å². The first-order valence-corrected chi connectivity index (χ1v) is 7.11. The average Bonchev–Trinajstić information content (AvgIpc) is 2.96. The second-order valence-electron chi connectivity index (χ2n) is 5.14. The van der Waals surface area contributed by atoms with E-state index in [0.29, 0.717) is 0 Å². The number of nitrogens with one attached hydrogen (secondary N) is 1. The van der Waals surface area contributed by atoms with Gasteiger partial charge in [0.05, 0.1) is 19.0 Å². The first kappa shape index (κ1) is 13.7. The van der Waals surface area contributed by atoms with Gasteiger partial charge in [-0.2, -0.15) is 0 Å². The number of aryl methyl sites for hydroxylation is 1. The van der Waals surface area contributed by atoms with Crippen LogP contribution in [0.1, 0.15) is 8.97 Å². The number of fused-ring (bicyclic) bond motifs is 1. The number of rotatable bonds is 4. The van der Waals surface area contributed by atoms with Crippen LogP contribution in [0.3, 0.4) is 0 Å². The highest BCUT2D eigenvalue weighted by Crippen LogP contribution is 2.26. The second-order valence-corrected chi connectivity index (χ2v) is 5.40. The van der Waals surface area contributed by atoms with Crippen LogP contribution in [0.15, 0.2) is 11.1 Å². The number of H-pyrrole nitrogens is 1. The molecule has 2 aromatic rings. The molecule has 1 saturated heterocycles. The van der Waals surface area contributed by atoms with Crippen LogP contribution in [0.2, 0.25) is 0 Å². The van der Waals surface area contributed by atoms with Crippen LogP contribution in [-0.2, 0) is 11.3 Å². The standard InChI is InChI=1S/C12H16ClN5O5/c13-1-2-17-4-18(9-6(17)10(22)16-12(14)15-9)11-8(21)7(20)5(3-19)23-11/h4-5,7-8,11,19-21H,1-3H2,(H2-,14,15,16,22)/p+1/t5-,7-,8-,11-/m1/s1/i1D2. The molecule has 2 aromatic heterocycles. The average molecular weight is 349 g/mol. The van der Waals surface area contributed by atoms with Gasteiger partial charge in [-0.25, -0.2) is 4.57 Å². The third kappa shape index (κ3) is 2.58. The lowest BCUT2D eigenvalue weighted by atomic mass is 10.1. The number of ether oxygens (including phenoxy) is 1. The number of nitrogens with zero attached hydrogens (tertiary/aromatic N) is 3. The highest BCUT2D eigenvalue weighted by Gasteiger charge is 2.46. The van der Waals surface area contributed by atoms with Gasteiger partial charge in [0, 0.05) is 2.74 Å². The number of imidazole rings is 1. The van der Waals surface area contributed by atoms with Gasteiger partial charge >= 0.3 is 5.65 Å². The third-order valence-electron chi connectivity index (χ3n) is 3.71. The summed E-state index contributed by atoms with van der Waals surface area (Å²) in [6.45, 7) is -0.907. The number of anilines is 1. The van der Waals surface area contributed by atoms with Crippen molar-refractivity contribution in [3.8, 4) is 0 Å². The third-order valence-corrected chi connectivity index (χ3v) is 3.83. The Labute approximate surface area is 137 Å². The van der Waals surface area contributed by atoms with Crippen LogP contribution in [0.25, 0.3) is 11.2 Å². The molecule has 1 aliphatic heterocycles. The van der Waals surface area contributed by atoms with Gasteiger partial charge in [-0.3, -0.25) is 14.3 Å². The van der Waals surface area contributed by atoms with E-state index in [1.54, 1.807) is 0 Å². The minimum atomic E-state index is -2.15.